The van der Waals surface area contributed by atoms with Gasteiger partial charge in [0.05, 0.1) is 20.8 Å². The van der Waals surface area contributed by atoms with E-state index < -0.39 is 5.97 Å². The number of amides is 1. The van der Waals surface area contributed by atoms with Crippen LogP contribution in [0.15, 0.2) is 24.3 Å². The predicted molar refractivity (Wildman–Crippen MR) is 112 cm³/mol. The van der Waals surface area contributed by atoms with Gasteiger partial charge in [0.1, 0.15) is 11.4 Å². The second kappa shape index (κ2) is 8.73. The molecule has 1 saturated carbocycles. The molecule has 0 spiro atoms. The summed E-state index contributed by atoms with van der Waals surface area (Å²) in [7, 11) is 2.88. The fourth-order valence-electron chi connectivity index (χ4n) is 3.97. The van der Waals surface area contributed by atoms with Crippen LogP contribution in [0.5, 0.6) is 5.75 Å². The Kier molecular flexibility index (Phi) is 6.29. The van der Waals surface area contributed by atoms with E-state index in [9.17, 15) is 14.4 Å². The lowest BCUT2D eigenvalue weighted by atomic mass is 10.0. The summed E-state index contributed by atoms with van der Waals surface area (Å²) in [6.07, 6.45) is 1.76. The Morgan fingerprint density at radius 3 is 2.43 bits per heavy atom. The number of hydrogen-bond acceptors (Lipinski definition) is 5. The maximum Gasteiger partial charge on any atom is 0.354 e. The van der Waals surface area contributed by atoms with Crippen LogP contribution in [-0.2, 0) is 11.3 Å². The number of rotatable bonds is 8. The fourth-order valence-corrected chi connectivity index (χ4v) is 3.97. The molecule has 160 valence electrons. The van der Waals surface area contributed by atoms with Crippen molar-refractivity contribution >= 4 is 17.7 Å². The van der Waals surface area contributed by atoms with Gasteiger partial charge in [-0.05, 0) is 57.4 Å². The highest BCUT2D eigenvalue weighted by Crippen LogP contribution is 2.30. The van der Waals surface area contributed by atoms with Crippen LogP contribution >= 0.6 is 0 Å². The smallest absolute Gasteiger partial charge is 0.354 e. The molecule has 1 heterocycles. The molecular weight excluding hydrogens is 384 g/mol. The van der Waals surface area contributed by atoms with Gasteiger partial charge in [0, 0.05) is 29.4 Å². The number of nitrogens with zero attached hydrogens (tertiary/aromatic N) is 2. The van der Waals surface area contributed by atoms with E-state index in [2.05, 4.69) is 0 Å². The van der Waals surface area contributed by atoms with Crippen LogP contribution in [0.4, 0.5) is 0 Å². The Morgan fingerprint density at radius 1 is 1.17 bits per heavy atom. The van der Waals surface area contributed by atoms with Crippen molar-refractivity contribution in [2.45, 2.75) is 46.2 Å². The summed E-state index contributed by atoms with van der Waals surface area (Å²) >= 11 is 0. The Bertz CT molecular complexity index is 988. The van der Waals surface area contributed by atoms with Crippen LogP contribution < -0.4 is 4.74 Å². The van der Waals surface area contributed by atoms with Gasteiger partial charge in [0.25, 0.3) is 5.91 Å². The quantitative estimate of drug-likeness (QED) is 0.490. The van der Waals surface area contributed by atoms with Gasteiger partial charge in [0.15, 0.2) is 5.78 Å². The monoisotopic (exact) mass is 412 g/mol. The normalized spacial score (nSPS) is 13.1. The first-order valence-electron chi connectivity index (χ1n) is 10.1. The maximum absolute atomic E-state index is 13.3. The molecular formula is C23H28N2O5. The number of aromatic nitrogens is 1. The molecule has 0 atom stereocenters. The average molecular weight is 412 g/mol. The van der Waals surface area contributed by atoms with Crippen molar-refractivity contribution in [2.24, 2.45) is 0 Å². The molecule has 0 aliphatic heterocycles. The van der Waals surface area contributed by atoms with E-state index in [0.29, 0.717) is 40.4 Å². The van der Waals surface area contributed by atoms with Gasteiger partial charge >= 0.3 is 5.97 Å². The number of esters is 1. The highest BCUT2D eigenvalue weighted by Gasteiger charge is 2.36. The highest BCUT2D eigenvalue weighted by molar-refractivity contribution is 6.06. The van der Waals surface area contributed by atoms with Crippen molar-refractivity contribution in [2.75, 3.05) is 20.8 Å². The number of carbonyl (C=O) groups is 3. The van der Waals surface area contributed by atoms with E-state index in [1.165, 1.54) is 7.11 Å². The molecule has 1 fully saturated rings. The Balaban J connectivity index is 1.92. The first kappa shape index (κ1) is 21.6. The number of ether oxygens (including phenoxy) is 2. The largest absolute Gasteiger partial charge is 0.497 e. The van der Waals surface area contributed by atoms with E-state index in [1.807, 2.05) is 13.8 Å². The molecule has 0 unspecified atom stereocenters. The summed E-state index contributed by atoms with van der Waals surface area (Å²) in [5.74, 6) is -0.242. The van der Waals surface area contributed by atoms with Gasteiger partial charge in [-0.15, -0.1) is 0 Å². The molecule has 1 aromatic heterocycles. The number of methoxy groups -OCH3 is 2. The SMILES string of the molecule is CCn1c(C)c(C(=O)CN(C(=O)c2cccc(OC)c2)C2CC2)c(C)c1C(=O)OC. The first-order chi connectivity index (χ1) is 14.3. The summed E-state index contributed by atoms with van der Waals surface area (Å²) in [5.41, 5.74) is 2.67. The lowest BCUT2D eigenvalue weighted by molar-refractivity contribution is 0.0587. The fraction of sp³-hybridized carbons (Fsp3) is 0.435. The summed E-state index contributed by atoms with van der Waals surface area (Å²) < 4.78 is 11.9. The average Bonchev–Trinajstić information content (AvgIpc) is 3.56. The van der Waals surface area contributed by atoms with Crippen LogP contribution in [0.3, 0.4) is 0 Å². The molecule has 30 heavy (non-hydrogen) atoms. The molecule has 0 radical (unpaired) electrons. The van der Waals surface area contributed by atoms with Gasteiger partial charge in [-0.3, -0.25) is 9.59 Å². The zero-order valence-electron chi connectivity index (χ0n) is 18.2. The minimum atomic E-state index is -0.469. The van der Waals surface area contributed by atoms with Crippen molar-refractivity contribution in [1.29, 1.82) is 0 Å². The van der Waals surface area contributed by atoms with E-state index in [0.717, 1.165) is 12.8 Å². The summed E-state index contributed by atoms with van der Waals surface area (Å²) in [5, 5.41) is 0. The lowest BCUT2D eigenvalue weighted by Crippen LogP contribution is -2.37. The maximum atomic E-state index is 13.3. The van der Waals surface area contributed by atoms with Crippen LogP contribution in [0.25, 0.3) is 0 Å². The molecule has 1 aliphatic carbocycles. The Labute approximate surface area is 176 Å². The van der Waals surface area contributed by atoms with E-state index in [-0.39, 0.29) is 24.3 Å². The van der Waals surface area contributed by atoms with E-state index in [1.54, 1.807) is 47.8 Å². The topological polar surface area (TPSA) is 77.8 Å². The van der Waals surface area contributed by atoms with Crippen molar-refractivity contribution in [1.82, 2.24) is 9.47 Å². The molecule has 0 bridgehead atoms. The zero-order chi connectivity index (χ0) is 22.0. The molecule has 0 saturated heterocycles. The van der Waals surface area contributed by atoms with E-state index >= 15 is 0 Å². The van der Waals surface area contributed by atoms with Crippen LogP contribution in [-0.4, -0.2) is 53.9 Å². The van der Waals surface area contributed by atoms with Crippen LogP contribution in [0, 0.1) is 13.8 Å². The molecule has 7 nitrogen and oxygen atoms in total. The molecule has 1 aromatic carbocycles. The highest BCUT2D eigenvalue weighted by atomic mass is 16.5. The minimum Gasteiger partial charge on any atom is -0.497 e. The number of Topliss-reactive ketones (excluding diaryl/α,β-unsaturated/α-hetero) is 1. The van der Waals surface area contributed by atoms with E-state index in [4.69, 9.17) is 9.47 Å². The molecule has 0 N–H and O–H groups in total. The third kappa shape index (κ3) is 3.97. The molecule has 7 heteroatoms. The second-order valence-electron chi connectivity index (χ2n) is 7.49. The number of benzene rings is 1. The minimum absolute atomic E-state index is 0.0310. The van der Waals surface area contributed by atoms with Gasteiger partial charge in [0.2, 0.25) is 0 Å². The third-order valence-electron chi connectivity index (χ3n) is 5.62. The van der Waals surface area contributed by atoms with Gasteiger partial charge < -0.3 is 18.9 Å². The predicted octanol–water partition coefficient (Wildman–Crippen LogP) is 3.41. The molecule has 2 aromatic rings. The Hall–Kier alpha value is -3.09. The van der Waals surface area contributed by atoms with Crippen molar-refractivity contribution < 1.29 is 23.9 Å². The van der Waals surface area contributed by atoms with Gasteiger partial charge in [-0.25, -0.2) is 4.79 Å². The second-order valence-corrected chi connectivity index (χ2v) is 7.49. The van der Waals surface area contributed by atoms with Crippen molar-refractivity contribution in [3.8, 4) is 5.75 Å². The van der Waals surface area contributed by atoms with Gasteiger partial charge in [-0.2, -0.15) is 0 Å². The summed E-state index contributed by atoms with van der Waals surface area (Å²) in [6.45, 7) is 6.00. The third-order valence-corrected chi connectivity index (χ3v) is 5.62. The zero-order valence-corrected chi connectivity index (χ0v) is 18.2. The van der Waals surface area contributed by atoms with Crippen LogP contribution in [0.2, 0.25) is 0 Å². The summed E-state index contributed by atoms with van der Waals surface area (Å²) in [4.78, 5) is 40.4. The van der Waals surface area contributed by atoms with Gasteiger partial charge in [-0.1, -0.05) is 6.07 Å². The number of hydrogen-bond donors (Lipinski definition) is 0. The van der Waals surface area contributed by atoms with Crippen molar-refractivity contribution in [3.05, 3.63) is 52.3 Å². The van der Waals surface area contributed by atoms with Crippen LogP contribution in [0.1, 0.15) is 62.2 Å². The lowest BCUT2D eigenvalue weighted by Gasteiger charge is -2.22. The summed E-state index contributed by atoms with van der Waals surface area (Å²) in [6, 6.07) is 7.00. The molecule has 3 rings (SSSR count). The standard InChI is InChI=1S/C23H28N2O5/c1-6-24-15(3)20(14(2)21(24)23(28)30-5)19(26)13-25(17-10-11-17)22(27)16-8-7-9-18(12-16)29-4/h7-9,12,17H,6,10-11,13H2,1-5H3. The molecule has 1 aliphatic rings. The number of carbonyl (C=O) groups excluding carboxylic acids is 3. The number of ketones is 1. The Morgan fingerprint density at radius 2 is 1.87 bits per heavy atom. The van der Waals surface area contributed by atoms with Crippen molar-refractivity contribution in [3.63, 3.8) is 0 Å². The molecule has 1 amide bonds. The first-order valence-corrected chi connectivity index (χ1v) is 10.1.